The van der Waals surface area contributed by atoms with Gasteiger partial charge in [-0.1, -0.05) is 11.6 Å². The zero-order valence-corrected chi connectivity index (χ0v) is 14.9. The van der Waals surface area contributed by atoms with E-state index in [-0.39, 0.29) is 29.1 Å². The molecule has 0 amide bonds. The summed E-state index contributed by atoms with van der Waals surface area (Å²) in [6.45, 7) is 1.27. The van der Waals surface area contributed by atoms with Crippen LogP contribution in [0, 0.1) is 29.2 Å². The van der Waals surface area contributed by atoms with Crippen molar-refractivity contribution in [3.05, 3.63) is 58.1 Å². The molecule has 2 aromatic rings. The number of carbonyl (C=O) groups is 2. The van der Waals surface area contributed by atoms with Crippen LogP contribution < -0.4 is 0 Å². The van der Waals surface area contributed by atoms with Gasteiger partial charge in [-0.15, -0.1) is 0 Å². The second kappa shape index (κ2) is 8.83. The minimum atomic E-state index is -2.20. The van der Waals surface area contributed by atoms with Gasteiger partial charge in [0.2, 0.25) is 0 Å². The van der Waals surface area contributed by atoms with E-state index in [9.17, 15) is 32.3 Å². The van der Waals surface area contributed by atoms with E-state index < -0.39 is 46.5 Å². The number of phenols is 1. The third-order valence-corrected chi connectivity index (χ3v) is 3.73. The summed E-state index contributed by atoms with van der Waals surface area (Å²) in [4.78, 5) is 28.3. The molecule has 0 spiro atoms. The van der Waals surface area contributed by atoms with Crippen molar-refractivity contribution >= 4 is 35.3 Å². The molecule has 148 valence electrons. The van der Waals surface area contributed by atoms with Gasteiger partial charge in [-0.25, -0.2) is 17.6 Å². The third-order valence-electron chi connectivity index (χ3n) is 3.49. The second-order valence-corrected chi connectivity index (χ2v) is 5.79. The minimum Gasteiger partial charge on any atom is -0.506 e. The van der Waals surface area contributed by atoms with E-state index in [0.717, 1.165) is 6.07 Å². The number of ketones is 1. The van der Waals surface area contributed by atoms with Gasteiger partial charge < -0.3 is 9.84 Å². The minimum absolute atomic E-state index is 0.0940. The second-order valence-electron chi connectivity index (χ2n) is 5.35. The molecule has 28 heavy (non-hydrogen) atoms. The number of carbonyl (C=O) groups excluding carboxylic acids is 2. The molecule has 1 unspecified atom stereocenters. The van der Waals surface area contributed by atoms with Crippen molar-refractivity contribution in [3.63, 3.8) is 0 Å². The molecule has 0 aromatic heterocycles. The first-order chi connectivity index (χ1) is 13.2. The van der Waals surface area contributed by atoms with Gasteiger partial charge in [0, 0.05) is 17.3 Å². The lowest BCUT2D eigenvalue weighted by Crippen LogP contribution is -2.29. The Balaban J connectivity index is 2.48. The molecule has 0 bridgehead atoms. The molecule has 0 saturated carbocycles. The molecule has 2 aromatic carbocycles. The van der Waals surface area contributed by atoms with Crippen LogP contribution in [0.1, 0.15) is 17.3 Å². The van der Waals surface area contributed by atoms with Crippen LogP contribution in [0.2, 0.25) is 5.02 Å². The van der Waals surface area contributed by atoms with E-state index in [0.29, 0.717) is 6.21 Å². The first-order valence-electron chi connectivity index (χ1n) is 7.73. The quantitative estimate of drug-likeness (QED) is 0.144. The third kappa shape index (κ3) is 4.48. The predicted molar refractivity (Wildman–Crippen MR) is 92.0 cm³/mol. The van der Waals surface area contributed by atoms with Crippen LogP contribution >= 0.6 is 11.6 Å². The monoisotopic (exact) mass is 417 g/mol. The number of benzene rings is 2. The van der Waals surface area contributed by atoms with Gasteiger partial charge in [0.05, 0.1) is 12.2 Å². The summed E-state index contributed by atoms with van der Waals surface area (Å²) >= 11 is 5.68. The van der Waals surface area contributed by atoms with Gasteiger partial charge in [-0.05, 0) is 25.1 Å². The van der Waals surface area contributed by atoms with Crippen molar-refractivity contribution in [3.8, 4) is 5.75 Å². The van der Waals surface area contributed by atoms with Gasteiger partial charge in [0.25, 0.3) is 0 Å². The normalized spacial score (nSPS) is 12.2. The van der Waals surface area contributed by atoms with E-state index in [1.54, 1.807) is 0 Å². The van der Waals surface area contributed by atoms with Crippen LogP contribution in [-0.2, 0) is 9.53 Å². The molecule has 1 N–H and O–H groups in total. The number of aliphatic imine (C=N–C) groups is 1. The van der Waals surface area contributed by atoms with Crippen LogP contribution in [-0.4, -0.2) is 29.7 Å². The number of esters is 1. The molecule has 2 rings (SSSR count). The maximum Gasteiger partial charge on any atom is 0.322 e. The van der Waals surface area contributed by atoms with Crippen LogP contribution in [0.5, 0.6) is 5.75 Å². The first kappa shape index (κ1) is 21.4. The summed E-state index contributed by atoms with van der Waals surface area (Å²) in [5.74, 6) is -12.9. The fraction of sp³-hybridized carbons (Fsp3) is 0.167. The van der Waals surface area contributed by atoms with Crippen molar-refractivity contribution in [2.75, 3.05) is 6.61 Å². The maximum atomic E-state index is 13.9. The lowest BCUT2D eigenvalue weighted by Gasteiger charge is -2.12. The summed E-state index contributed by atoms with van der Waals surface area (Å²) in [6, 6.07) is 3.90. The first-order valence-corrected chi connectivity index (χ1v) is 8.11. The summed E-state index contributed by atoms with van der Waals surface area (Å²) in [7, 11) is 0. The Bertz CT molecular complexity index is 965. The van der Waals surface area contributed by atoms with Crippen LogP contribution in [0.15, 0.2) is 29.3 Å². The van der Waals surface area contributed by atoms with Crippen molar-refractivity contribution in [2.24, 2.45) is 10.9 Å². The standard InChI is InChI=1S/C18H12ClF4NO4/c1-2-28-18(27)10(7-24-12-4-3-8(19)5-13(12)25)17(26)9-6-11(20)15(22)16(23)14(9)21/h3-7,10,25H,2H2,1H3. The van der Waals surface area contributed by atoms with Crippen LogP contribution in [0.25, 0.3) is 0 Å². The zero-order chi connectivity index (χ0) is 21.0. The van der Waals surface area contributed by atoms with Gasteiger partial charge in [-0.2, -0.15) is 0 Å². The van der Waals surface area contributed by atoms with Crippen LogP contribution in [0.3, 0.4) is 0 Å². The zero-order valence-electron chi connectivity index (χ0n) is 14.2. The summed E-state index contributed by atoms with van der Waals surface area (Å²) in [5, 5.41) is 9.94. The van der Waals surface area contributed by atoms with E-state index in [2.05, 4.69) is 9.73 Å². The summed E-state index contributed by atoms with van der Waals surface area (Å²) < 4.78 is 58.5. The molecule has 0 heterocycles. The van der Waals surface area contributed by atoms with Crippen molar-refractivity contribution < 1.29 is 37.0 Å². The fourth-order valence-corrected chi connectivity index (χ4v) is 2.31. The Morgan fingerprint density at radius 3 is 2.46 bits per heavy atom. The van der Waals surface area contributed by atoms with E-state index in [1.165, 1.54) is 19.1 Å². The van der Waals surface area contributed by atoms with E-state index in [4.69, 9.17) is 11.6 Å². The summed E-state index contributed by atoms with van der Waals surface area (Å²) in [6.07, 6.45) is 0.710. The molecule has 0 aliphatic rings. The average Bonchev–Trinajstić information content (AvgIpc) is 2.64. The Hall–Kier alpha value is -2.94. The van der Waals surface area contributed by atoms with E-state index >= 15 is 0 Å². The predicted octanol–water partition coefficient (Wildman–Crippen LogP) is 4.37. The Morgan fingerprint density at radius 2 is 1.86 bits per heavy atom. The molecule has 0 radical (unpaired) electrons. The highest BCUT2D eigenvalue weighted by Crippen LogP contribution is 2.29. The van der Waals surface area contributed by atoms with E-state index in [1.807, 2.05) is 0 Å². The maximum absolute atomic E-state index is 13.9. The average molecular weight is 418 g/mol. The lowest BCUT2D eigenvalue weighted by atomic mass is 9.97. The van der Waals surface area contributed by atoms with Gasteiger partial charge in [0.15, 0.2) is 35.0 Å². The van der Waals surface area contributed by atoms with Crippen molar-refractivity contribution in [2.45, 2.75) is 6.92 Å². The Morgan fingerprint density at radius 1 is 1.18 bits per heavy atom. The number of aromatic hydroxyl groups is 1. The number of nitrogens with zero attached hydrogens (tertiary/aromatic N) is 1. The molecule has 10 heteroatoms. The Labute approximate surface area is 161 Å². The van der Waals surface area contributed by atoms with Crippen LogP contribution in [0.4, 0.5) is 23.2 Å². The molecular weight excluding hydrogens is 406 g/mol. The van der Waals surface area contributed by atoms with Crippen molar-refractivity contribution in [1.82, 2.24) is 0 Å². The molecule has 5 nitrogen and oxygen atoms in total. The SMILES string of the molecule is CCOC(=O)C(C=Nc1ccc(Cl)cc1O)C(=O)c1cc(F)c(F)c(F)c1F. The number of ether oxygens (including phenoxy) is 1. The summed E-state index contributed by atoms with van der Waals surface area (Å²) in [5.41, 5.74) is -1.29. The van der Waals surface area contributed by atoms with Crippen molar-refractivity contribution in [1.29, 1.82) is 0 Å². The largest absolute Gasteiger partial charge is 0.506 e. The van der Waals surface area contributed by atoms with Gasteiger partial charge >= 0.3 is 5.97 Å². The molecule has 0 fully saturated rings. The highest BCUT2D eigenvalue weighted by Gasteiger charge is 2.32. The number of rotatable bonds is 6. The number of hydrogen-bond donors (Lipinski definition) is 1. The fourth-order valence-electron chi connectivity index (χ4n) is 2.15. The van der Waals surface area contributed by atoms with Gasteiger partial charge in [-0.3, -0.25) is 14.6 Å². The highest BCUT2D eigenvalue weighted by atomic mass is 35.5. The number of halogens is 5. The molecular formula is C18H12ClF4NO4. The Kier molecular flexibility index (Phi) is 6.74. The molecule has 0 aliphatic heterocycles. The van der Waals surface area contributed by atoms with Gasteiger partial charge in [0.1, 0.15) is 11.4 Å². The topological polar surface area (TPSA) is 76.0 Å². The molecule has 0 saturated heterocycles. The number of hydrogen-bond acceptors (Lipinski definition) is 5. The number of Topliss-reactive ketones (excluding diaryl/α,β-unsaturated/α-hetero) is 1. The smallest absolute Gasteiger partial charge is 0.322 e. The molecule has 1 atom stereocenters. The molecule has 0 aliphatic carbocycles. The lowest BCUT2D eigenvalue weighted by molar-refractivity contribution is -0.143. The highest BCUT2D eigenvalue weighted by molar-refractivity contribution is 6.30. The number of phenolic OH excluding ortho intramolecular Hbond substituents is 1.